The van der Waals surface area contributed by atoms with Gasteiger partial charge in [-0.05, 0) is 80.6 Å². The number of amides is 1. The number of ether oxygens (including phenoxy) is 1. The average Bonchev–Trinajstić information content (AvgIpc) is 3.34. The van der Waals surface area contributed by atoms with E-state index in [2.05, 4.69) is 0 Å². The maximum Gasteiger partial charge on any atom is 0.300 e. The minimum absolute atomic E-state index is 0.00676. The first-order valence-corrected chi connectivity index (χ1v) is 11.7. The first kappa shape index (κ1) is 24.3. The molecule has 1 fully saturated rings. The standard InChI is InChI=1S/C29H31NO5/c1-15(2)20-14-21(17(4)13-24(20)34-7)27(31)25-26(23-11-9-19(6)35-23)30(29(33)28(25)32)22-10-8-16(3)12-18(22)5/h8-15,26,31H,1-7H3/b27-25+. The fraction of sp³-hybridized carbons (Fsp3) is 0.310. The molecule has 182 valence electrons. The Labute approximate surface area is 205 Å². The maximum absolute atomic E-state index is 13.5. The smallest absolute Gasteiger partial charge is 0.300 e. The number of aliphatic hydroxyl groups excluding tert-OH is 1. The van der Waals surface area contributed by atoms with Gasteiger partial charge in [-0.3, -0.25) is 14.5 Å². The van der Waals surface area contributed by atoms with Crippen molar-refractivity contribution in [3.63, 3.8) is 0 Å². The normalized spacial score (nSPS) is 17.5. The number of ketones is 1. The predicted octanol–water partition coefficient (Wildman–Crippen LogP) is 6.27. The summed E-state index contributed by atoms with van der Waals surface area (Å²) in [6, 6.07) is 12.0. The van der Waals surface area contributed by atoms with E-state index in [0.29, 0.717) is 28.5 Å². The van der Waals surface area contributed by atoms with Crippen LogP contribution >= 0.6 is 0 Å². The van der Waals surface area contributed by atoms with Crippen molar-refractivity contribution in [2.24, 2.45) is 0 Å². The average molecular weight is 474 g/mol. The van der Waals surface area contributed by atoms with Crippen molar-refractivity contribution >= 4 is 23.1 Å². The van der Waals surface area contributed by atoms with Crippen LogP contribution in [0.5, 0.6) is 5.75 Å². The van der Waals surface area contributed by atoms with Crippen LogP contribution in [0.2, 0.25) is 0 Å². The van der Waals surface area contributed by atoms with Gasteiger partial charge in [0.2, 0.25) is 0 Å². The van der Waals surface area contributed by atoms with E-state index >= 15 is 0 Å². The van der Waals surface area contributed by atoms with Crippen LogP contribution in [-0.2, 0) is 9.59 Å². The van der Waals surface area contributed by atoms with Crippen molar-refractivity contribution in [3.8, 4) is 5.75 Å². The Morgan fingerprint density at radius 3 is 2.29 bits per heavy atom. The number of methoxy groups -OCH3 is 1. The lowest BCUT2D eigenvalue weighted by Gasteiger charge is -2.25. The van der Waals surface area contributed by atoms with E-state index in [0.717, 1.165) is 22.3 Å². The molecule has 0 spiro atoms. The maximum atomic E-state index is 13.5. The summed E-state index contributed by atoms with van der Waals surface area (Å²) < 4.78 is 11.4. The molecule has 35 heavy (non-hydrogen) atoms. The van der Waals surface area contributed by atoms with E-state index in [1.807, 2.05) is 65.0 Å². The Balaban J connectivity index is 1.99. The second kappa shape index (κ2) is 9.10. The van der Waals surface area contributed by atoms with Gasteiger partial charge >= 0.3 is 0 Å². The molecule has 1 saturated heterocycles. The van der Waals surface area contributed by atoms with Crippen LogP contribution in [0.4, 0.5) is 5.69 Å². The second-order valence-corrected chi connectivity index (χ2v) is 9.47. The topological polar surface area (TPSA) is 80.0 Å². The number of Topliss-reactive ketones (excluding diaryl/α,β-unsaturated/α-hetero) is 1. The summed E-state index contributed by atoms with van der Waals surface area (Å²) in [5.74, 6) is 0.223. The molecule has 4 rings (SSSR count). The van der Waals surface area contributed by atoms with Crippen LogP contribution in [0, 0.1) is 27.7 Å². The minimum Gasteiger partial charge on any atom is -0.507 e. The summed E-state index contributed by atoms with van der Waals surface area (Å²) in [5.41, 5.74) is 4.62. The third kappa shape index (κ3) is 4.14. The number of hydrogen-bond acceptors (Lipinski definition) is 5. The molecule has 0 aliphatic carbocycles. The molecule has 1 N–H and O–H groups in total. The van der Waals surface area contributed by atoms with Crippen LogP contribution in [0.3, 0.4) is 0 Å². The lowest BCUT2D eigenvalue weighted by molar-refractivity contribution is -0.132. The fourth-order valence-corrected chi connectivity index (χ4v) is 4.75. The molecule has 2 aromatic carbocycles. The zero-order valence-corrected chi connectivity index (χ0v) is 21.2. The molecule has 6 nitrogen and oxygen atoms in total. The van der Waals surface area contributed by atoms with Crippen LogP contribution in [0.25, 0.3) is 5.76 Å². The van der Waals surface area contributed by atoms with E-state index in [-0.39, 0.29) is 17.3 Å². The molecule has 0 bridgehead atoms. The van der Waals surface area contributed by atoms with E-state index in [4.69, 9.17) is 9.15 Å². The highest BCUT2D eigenvalue weighted by Gasteiger charge is 2.49. The van der Waals surface area contributed by atoms with E-state index in [9.17, 15) is 14.7 Å². The van der Waals surface area contributed by atoms with Gasteiger partial charge in [0.25, 0.3) is 11.7 Å². The van der Waals surface area contributed by atoms with Crippen LogP contribution in [0.1, 0.15) is 65.1 Å². The summed E-state index contributed by atoms with van der Waals surface area (Å²) >= 11 is 0. The zero-order valence-electron chi connectivity index (χ0n) is 21.2. The molecule has 1 unspecified atom stereocenters. The van der Waals surface area contributed by atoms with Crippen molar-refractivity contribution < 1.29 is 23.8 Å². The summed E-state index contributed by atoms with van der Waals surface area (Å²) in [7, 11) is 1.61. The van der Waals surface area contributed by atoms with Gasteiger partial charge in [0.1, 0.15) is 29.1 Å². The van der Waals surface area contributed by atoms with E-state index in [1.165, 1.54) is 4.90 Å². The van der Waals surface area contributed by atoms with Gasteiger partial charge < -0.3 is 14.3 Å². The quantitative estimate of drug-likeness (QED) is 0.268. The Morgan fingerprint density at radius 2 is 1.71 bits per heavy atom. The first-order valence-electron chi connectivity index (χ1n) is 11.7. The number of furan rings is 1. The highest BCUT2D eigenvalue weighted by Crippen LogP contribution is 2.44. The number of hydrogen-bond donors (Lipinski definition) is 1. The fourth-order valence-electron chi connectivity index (χ4n) is 4.75. The second-order valence-electron chi connectivity index (χ2n) is 9.47. The monoisotopic (exact) mass is 473 g/mol. The highest BCUT2D eigenvalue weighted by atomic mass is 16.5. The number of nitrogens with zero attached hydrogens (tertiary/aromatic N) is 1. The van der Waals surface area contributed by atoms with Gasteiger partial charge in [-0.2, -0.15) is 0 Å². The lowest BCUT2D eigenvalue weighted by Crippen LogP contribution is -2.30. The molecule has 1 amide bonds. The molecule has 1 aliphatic heterocycles. The van der Waals surface area contributed by atoms with E-state index in [1.54, 1.807) is 26.2 Å². The van der Waals surface area contributed by atoms with Gasteiger partial charge in [0, 0.05) is 11.3 Å². The number of anilines is 1. The Bertz CT molecular complexity index is 1360. The molecular formula is C29H31NO5. The molecule has 0 radical (unpaired) electrons. The molecule has 3 aromatic rings. The number of benzene rings is 2. The van der Waals surface area contributed by atoms with Crippen molar-refractivity contribution in [3.05, 3.63) is 87.4 Å². The summed E-state index contributed by atoms with van der Waals surface area (Å²) in [6.07, 6.45) is 0. The lowest BCUT2D eigenvalue weighted by atomic mass is 9.92. The minimum atomic E-state index is -0.894. The number of carbonyl (C=O) groups excluding carboxylic acids is 2. The van der Waals surface area contributed by atoms with E-state index < -0.39 is 17.7 Å². The Hall–Kier alpha value is -3.80. The Morgan fingerprint density at radius 1 is 1.00 bits per heavy atom. The third-order valence-electron chi connectivity index (χ3n) is 6.54. The summed E-state index contributed by atoms with van der Waals surface area (Å²) in [4.78, 5) is 28.3. The molecular weight excluding hydrogens is 442 g/mol. The van der Waals surface area contributed by atoms with Gasteiger partial charge in [-0.1, -0.05) is 31.5 Å². The summed E-state index contributed by atoms with van der Waals surface area (Å²) in [5, 5.41) is 11.6. The molecule has 0 saturated carbocycles. The highest BCUT2D eigenvalue weighted by molar-refractivity contribution is 6.51. The Kier molecular flexibility index (Phi) is 6.32. The van der Waals surface area contributed by atoms with Gasteiger partial charge in [-0.15, -0.1) is 0 Å². The largest absolute Gasteiger partial charge is 0.507 e. The van der Waals surface area contributed by atoms with Crippen LogP contribution in [0.15, 0.2) is 52.5 Å². The number of aliphatic hydroxyl groups is 1. The number of rotatable bonds is 5. The van der Waals surface area contributed by atoms with Crippen LogP contribution in [-0.4, -0.2) is 23.9 Å². The number of carbonyl (C=O) groups is 2. The first-order chi connectivity index (χ1) is 16.5. The van der Waals surface area contributed by atoms with Crippen LogP contribution < -0.4 is 9.64 Å². The molecule has 6 heteroatoms. The molecule has 1 aliphatic rings. The van der Waals surface area contributed by atoms with Crippen molar-refractivity contribution in [1.82, 2.24) is 0 Å². The third-order valence-corrected chi connectivity index (χ3v) is 6.54. The zero-order chi connectivity index (χ0) is 25.6. The van der Waals surface area contributed by atoms with Crippen molar-refractivity contribution in [1.29, 1.82) is 0 Å². The van der Waals surface area contributed by atoms with Crippen molar-refractivity contribution in [2.45, 2.75) is 53.5 Å². The predicted molar refractivity (Wildman–Crippen MR) is 136 cm³/mol. The molecule has 2 heterocycles. The SMILES string of the molecule is COc1cc(C)c(/C(O)=C2\C(=O)C(=O)N(c3ccc(C)cc3C)C2c2ccc(C)o2)cc1C(C)C. The van der Waals surface area contributed by atoms with Gasteiger partial charge in [-0.25, -0.2) is 0 Å². The molecule has 1 aromatic heterocycles. The summed E-state index contributed by atoms with van der Waals surface area (Å²) in [6.45, 7) is 11.6. The van der Waals surface area contributed by atoms with Gasteiger partial charge in [0.05, 0.1) is 12.7 Å². The van der Waals surface area contributed by atoms with Gasteiger partial charge in [0.15, 0.2) is 0 Å². The van der Waals surface area contributed by atoms with Crippen molar-refractivity contribution in [2.75, 3.05) is 12.0 Å². The molecule has 1 atom stereocenters. The number of aryl methyl sites for hydroxylation is 4.